The second kappa shape index (κ2) is 1.22. The van der Waals surface area contributed by atoms with Crippen molar-refractivity contribution in [3.63, 3.8) is 0 Å². The SMILES string of the molecule is C=[N+]1[N-]N=CN1C. The lowest BCUT2D eigenvalue weighted by atomic mass is 11.1. The van der Waals surface area contributed by atoms with E-state index in [-0.39, 0.29) is 0 Å². The summed E-state index contributed by atoms with van der Waals surface area (Å²) < 4.78 is 0. The number of hydrazine groups is 1. The van der Waals surface area contributed by atoms with Crippen LogP contribution in [-0.2, 0) is 0 Å². The molecule has 0 aromatic rings. The van der Waals surface area contributed by atoms with E-state index in [2.05, 4.69) is 17.4 Å². The van der Waals surface area contributed by atoms with Crippen LogP contribution >= 0.6 is 0 Å². The van der Waals surface area contributed by atoms with E-state index in [1.165, 1.54) is 4.79 Å². The highest BCUT2D eigenvalue weighted by Gasteiger charge is 1.98. The number of hydrogen-bond donors (Lipinski definition) is 0. The molecule has 0 bridgehead atoms. The highest BCUT2D eigenvalue weighted by atomic mass is 15.8. The van der Waals surface area contributed by atoms with Gasteiger partial charge in [0.2, 0.25) is 0 Å². The number of hydrogen-bond acceptors (Lipinski definition) is 2. The number of nitrogens with zero attached hydrogens (tertiary/aromatic N) is 4. The van der Waals surface area contributed by atoms with Crippen molar-refractivity contribution in [2.45, 2.75) is 0 Å². The summed E-state index contributed by atoms with van der Waals surface area (Å²) >= 11 is 0. The largest absolute Gasteiger partial charge is 0.284 e. The standard InChI is InChI=1S/C3H6N4/c1-6-3-4-5-7(6)2/h3H,2H2,1H3. The van der Waals surface area contributed by atoms with E-state index < -0.39 is 0 Å². The lowest BCUT2D eigenvalue weighted by Crippen LogP contribution is -2.19. The zero-order valence-corrected chi connectivity index (χ0v) is 4.07. The normalized spacial score (nSPS) is 17.9. The predicted molar refractivity (Wildman–Crippen MR) is 27.0 cm³/mol. The van der Waals surface area contributed by atoms with Crippen molar-refractivity contribution in [3.05, 3.63) is 5.53 Å². The summed E-state index contributed by atoms with van der Waals surface area (Å²) in [5.74, 6) is 0. The molecular formula is C3H6N4. The summed E-state index contributed by atoms with van der Waals surface area (Å²) in [5.41, 5.74) is 3.53. The van der Waals surface area contributed by atoms with E-state index in [9.17, 15) is 0 Å². The zero-order valence-electron chi connectivity index (χ0n) is 4.07. The van der Waals surface area contributed by atoms with Crippen LogP contribution in [0.4, 0.5) is 0 Å². The van der Waals surface area contributed by atoms with Crippen LogP contribution in [-0.4, -0.2) is 29.9 Å². The first-order valence-corrected chi connectivity index (χ1v) is 1.88. The molecule has 0 unspecified atom stereocenters. The molecule has 0 spiro atoms. The Balaban J connectivity index is 2.62. The van der Waals surface area contributed by atoms with E-state index in [0.717, 1.165) is 0 Å². The molecule has 1 rings (SSSR count). The molecule has 0 saturated heterocycles. The van der Waals surface area contributed by atoms with Crippen molar-refractivity contribution >= 4 is 13.1 Å². The maximum absolute atomic E-state index is 3.53. The Bertz CT molecular complexity index is 116. The summed E-state index contributed by atoms with van der Waals surface area (Å²) in [4.78, 5) is 1.39. The van der Waals surface area contributed by atoms with Crippen molar-refractivity contribution in [1.29, 1.82) is 0 Å². The Labute approximate surface area is 41.7 Å². The number of rotatable bonds is 0. The molecule has 1 aliphatic rings. The predicted octanol–water partition coefficient (Wildman–Crippen LogP) is -0.208. The summed E-state index contributed by atoms with van der Waals surface area (Å²) in [7, 11) is 1.81. The van der Waals surface area contributed by atoms with Crippen LogP contribution in [0.5, 0.6) is 0 Å². The second-order valence-electron chi connectivity index (χ2n) is 1.27. The monoisotopic (exact) mass is 98.1 g/mol. The van der Waals surface area contributed by atoms with Gasteiger partial charge in [-0.3, -0.25) is 5.01 Å². The van der Waals surface area contributed by atoms with Crippen molar-refractivity contribution < 1.29 is 4.79 Å². The summed E-state index contributed by atoms with van der Waals surface area (Å²) in [5, 5.41) is 5.20. The van der Waals surface area contributed by atoms with Gasteiger partial charge in [0.1, 0.15) is 0 Å². The van der Waals surface area contributed by atoms with Crippen LogP contribution in [0.15, 0.2) is 5.10 Å². The third kappa shape index (κ3) is 0.534. The molecule has 0 radical (unpaired) electrons. The van der Waals surface area contributed by atoms with Crippen molar-refractivity contribution in [1.82, 2.24) is 5.01 Å². The van der Waals surface area contributed by atoms with Gasteiger partial charge >= 0.3 is 0 Å². The lowest BCUT2D eigenvalue weighted by Gasteiger charge is -2.09. The third-order valence-electron chi connectivity index (χ3n) is 0.738. The molecule has 4 nitrogen and oxygen atoms in total. The average molecular weight is 98.1 g/mol. The van der Waals surface area contributed by atoms with E-state index >= 15 is 0 Å². The smallest absolute Gasteiger partial charge is 0.163 e. The van der Waals surface area contributed by atoms with Crippen LogP contribution in [0.25, 0.3) is 5.53 Å². The van der Waals surface area contributed by atoms with Gasteiger partial charge in [-0.2, -0.15) is 4.79 Å². The number of hydrazone groups is 1. The Morgan fingerprint density at radius 3 is 2.86 bits per heavy atom. The van der Waals surface area contributed by atoms with Gasteiger partial charge in [0, 0.05) is 0 Å². The highest BCUT2D eigenvalue weighted by Crippen LogP contribution is 1.97. The Hall–Kier alpha value is -1.06. The maximum atomic E-state index is 3.53. The molecule has 0 atom stereocenters. The summed E-state index contributed by atoms with van der Waals surface area (Å²) in [6.45, 7) is 3.49. The molecule has 7 heavy (non-hydrogen) atoms. The lowest BCUT2D eigenvalue weighted by molar-refractivity contribution is -0.602. The van der Waals surface area contributed by atoms with E-state index in [4.69, 9.17) is 0 Å². The summed E-state index contributed by atoms with van der Waals surface area (Å²) in [6, 6.07) is 0. The van der Waals surface area contributed by atoms with Gasteiger partial charge in [-0.15, -0.1) is 0 Å². The maximum Gasteiger partial charge on any atom is 0.163 e. The van der Waals surface area contributed by atoms with Gasteiger partial charge in [-0.1, -0.05) is 5.53 Å². The van der Waals surface area contributed by atoms with Crippen molar-refractivity contribution in [2.75, 3.05) is 7.05 Å². The van der Waals surface area contributed by atoms with Gasteiger partial charge in [0.15, 0.2) is 6.34 Å². The topological polar surface area (TPSA) is 32.7 Å². The van der Waals surface area contributed by atoms with E-state index in [0.29, 0.717) is 0 Å². The fourth-order valence-corrected chi connectivity index (χ4v) is 0.280. The molecule has 0 fully saturated rings. The van der Waals surface area contributed by atoms with E-state index in [1.807, 2.05) is 7.05 Å². The van der Waals surface area contributed by atoms with Gasteiger partial charge in [0.05, 0.1) is 6.72 Å². The van der Waals surface area contributed by atoms with Gasteiger partial charge in [-0.05, 0) is 12.1 Å². The van der Waals surface area contributed by atoms with Crippen LogP contribution in [0.1, 0.15) is 0 Å². The fraction of sp³-hybridized carbons (Fsp3) is 0.333. The molecule has 0 amide bonds. The van der Waals surface area contributed by atoms with Crippen molar-refractivity contribution in [2.24, 2.45) is 5.10 Å². The minimum atomic E-state index is 1.39. The first-order chi connectivity index (χ1) is 3.30. The Kier molecular flexibility index (Phi) is 0.714. The summed E-state index contributed by atoms with van der Waals surface area (Å²) in [6.07, 6.45) is 1.58. The first-order valence-electron chi connectivity index (χ1n) is 1.88. The molecule has 4 heteroatoms. The molecule has 0 aliphatic carbocycles. The van der Waals surface area contributed by atoms with Crippen LogP contribution in [0.2, 0.25) is 0 Å². The second-order valence-corrected chi connectivity index (χ2v) is 1.27. The fourth-order valence-electron chi connectivity index (χ4n) is 0.280. The van der Waals surface area contributed by atoms with Gasteiger partial charge in [0.25, 0.3) is 0 Å². The average Bonchev–Trinajstić information content (AvgIpc) is 1.91. The third-order valence-corrected chi connectivity index (χ3v) is 0.738. The molecule has 0 saturated carbocycles. The molecule has 38 valence electrons. The zero-order chi connectivity index (χ0) is 5.28. The Morgan fingerprint density at radius 2 is 2.71 bits per heavy atom. The minimum absolute atomic E-state index is 1.39. The molecule has 1 heterocycles. The molecule has 0 aromatic heterocycles. The highest BCUT2D eigenvalue weighted by molar-refractivity contribution is 5.55. The van der Waals surface area contributed by atoms with Crippen molar-refractivity contribution in [3.8, 4) is 0 Å². The van der Waals surface area contributed by atoms with Crippen LogP contribution in [0.3, 0.4) is 0 Å². The first kappa shape index (κ1) is 4.11. The molecule has 0 N–H and O–H groups in total. The Morgan fingerprint density at radius 1 is 2.00 bits per heavy atom. The molecular weight excluding hydrogens is 92.1 g/mol. The van der Waals surface area contributed by atoms with Crippen LogP contribution in [0, 0.1) is 0 Å². The van der Waals surface area contributed by atoms with Gasteiger partial charge in [-0.25, -0.2) is 0 Å². The quantitative estimate of drug-likeness (QED) is 0.386. The molecule has 1 aliphatic heterocycles. The minimum Gasteiger partial charge on any atom is -0.284 e. The molecule has 0 aromatic carbocycles. The van der Waals surface area contributed by atoms with Gasteiger partial charge < -0.3 is 0 Å². The van der Waals surface area contributed by atoms with E-state index in [1.54, 1.807) is 11.3 Å². The van der Waals surface area contributed by atoms with Crippen LogP contribution < -0.4 is 0 Å².